The molecule has 4 rings (SSSR count). The van der Waals surface area contributed by atoms with Crippen molar-refractivity contribution in [2.75, 3.05) is 32.7 Å². The van der Waals surface area contributed by atoms with E-state index >= 15 is 0 Å². The third-order valence-corrected chi connectivity index (χ3v) is 7.45. The predicted molar refractivity (Wildman–Crippen MR) is 123 cm³/mol. The quantitative estimate of drug-likeness (QED) is 0.532. The molecule has 6 heteroatoms. The molecular formula is C25H26N2O3S. The lowest BCUT2D eigenvalue weighted by atomic mass is 10.0. The number of hydrogen-bond acceptors (Lipinski definition) is 4. The molecule has 1 aliphatic rings. The van der Waals surface area contributed by atoms with Crippen LogP contribution in [0.4, 0.5) is 0 Å². The van der Waals surface area contributed by atoms with Crippen LogP contribution in [0, 0.1) is 0 Å². The van der Waals surface area contributed by atoms with Crippen molar-refractivity contribution in [2.45, 2.75) is 5.75 Å². The summed E-state index contributed by atoms with van der Waals surface area (Å²) in [7, 11) is -3.40. The van der Waals surface area contributed by atoms with Gasteiger partial charge in [0, 0.05) is 31.7 Å². The molecule has 0 aromatic heterocycles. The standard InChI is InChI=1S/C25H26N2O3S/c28-25(24-9-5-2-6-10-24)19-26-15-17-27(18-16-26)31(29,30)20-21-11-13-23(14-12-21)22-7-3-1-4-8-22/h1-14H,15-20H2. The molecule has 0 amide bonds. The van der Waals surface area contributed by atoms with E-state index in [9.17, 15) is 13.2 Å². The van der Waals surface area contributed by atoms with Gasteiger partial charge in [-0.15, -0.1) is 0 Å². The number of nitrogens with zero attached hydrogens (tertiary/aromatic N) is 2. The summed E-state index contributed by atoms with van der Waals surface area (Å²) in [4.78, 5) is 14.4. The van der Waals surface area contributed by atoms with E-state index in [1.54, 1.807) is 4.31 Å². The van der Waals surface area contributed by atoms with Gasteiger partial charge in [0.1, 0.15) is 0 Å². The van der Waals surface area contributed by atoms with Crippen molar-refractivity contribution in [1.82, 2.24) is 9.21 Å². The highest BCUT2D eigenvalue weighted by molar-refractivity contribution is 7.88. The smallest absolute Gasteiger partial charge is 0.218 e. The number of carbonyl (C=O) groups is 1. The minimum Gasteiger partial charge on any atom is -0.293 e. The van der Waals surface area contributed by atoms with E-state index in [1.807, 2.05) is 89.8 Å². The summed E-state index contributed by atoms with van der Waals surface area (Å²) in [5, 5.41) is 0. The van der Waals surface area contributed by atoms with Gasteiger partial charge < -0.3 is 0 Å². The Morgan fingerprint density at radius 1 is 0.710 bits per heavy atom. The largest absolute Gasteiger partial charge is 0.293 e. The molecule has 1 saturated heterocycles. The van der Waals surface area contributed by atoms with Gasteiger partial charge in [0.25, 0.3) is 0 Å². The van der Waals surface area contributed by atoms with Crippen LogP contribution < -0.4 is 0 Å². The second kappa shape index (κ2) is 9.56. The van der Waals surface area contributed by atoms with Crippen LogP contribution in [0.2, 0.25) is 0 Å². The molecule has 0 unspecified atom stereocenters. The maximum Gasteiger partial charge on any atom is 0.218 e. The lowest BCUT2D eigenvalue weighted by molar-refractivity contribution is 0.0901. The number of rotatable bonds is 7. The minimum atomic E-state index is -3.40. The van der Waals surface area contributed by atoms with Crippen LogP contribution in [0.25, 0.3) is 11.1 Å². The van der Waals surface area contributed by atoms with Crippen LogP contribution in [0.5, 0.6) is 0 Å². The number of Topliss-reactive ketones (excluding diaryl/α,β-unsaturated/α-hetero) is 1. The Morgan fingerprint density at radius 2 is 1.26 bits per heavy atom. The number of hydrogen-bond donors (Lipinski definition) is 0. The lowest BCUT2D eigenvalue weighted by Crippen LogP contribution is -2.50. The van der Waals surface area contributed by atoms with E-state index in [2.05, 4.69) is 0 Å². The topological polar surface area (TPSA) is 57.7 Å². The molecule has 0 N–H and O–H groups in total. The Morgan fingerprint density at radius 3 is 1.87 bits per heavy atom. The Kier molecular flexibility index (Phi) is 6.61. The maximum atomic E-state index is 12.9. The van der Waals surface area contributed by atoms with E-state index in [0.717, 1.165) is 16.7 Å². The summed E-state index contributed by atoms with van der Waals surface area (Å²) < 4.78 is 27.3. The fourth-order valence-corrected chi connectivity index (χ4v) is 5.33. The summed E-state index contributed by atoms with van der Waals surface area (Å²) >= 11 is 0. The number of sulfonamides is 1. The Bertz CT molecular complexity index is 1110. The second-order valence-corrected chi connectivity index (χ2v) is 9.75. The van der Waals surface area contributed by atoms with Crippen molar-refractivity contribution in [2.24, 2.45) is 0 Å². The molecule has 3 aromatic carbocycles. The van der Waals surface area contributed by atoms with Crippen molar-refractivity contribution >= 4 is 15.8 Å². The zero-order valence-electron chi connectivity index (χ0n) is 17.4. The van der Waals surface area contributed by atoms with E-state index in [1.165, 1.54) is 0 Å². The van der Waals surface area contributed by atoms with Gasteiger partial charge >= 0.3 is 0 Å². The highest BCUT2D eigenvalue weighted by Gasteiger charge is 2.28. The van der Waals surface area contributed by atoms with Gasteiger partial charge in [-0.1, -0.05) is 84.9 Å². The monoisotopic (exact) mass is 434 g/mol. The molecule has 0 bridgehead atoms. The predicted octanol–water partition coefficient (Wildman–Crippen LogP) is 3.68. The Labute approximate surface area is 184 Å². The summed E-state index contributed by atoms with van der Waals surface area (Å²) in [6.07, 6.45) is 0. The summed E-state index contributed by atoms with van der Waals surface area (Å²) in [6, 6.07) is 26.9. The van der Waals surface area contributed by atoms with E-state index in [4.69, 9.17) is 0 Å². The number of ketones is 1. The van der Waals surface area contributed by atoms with Crippen LogP contribution in [0.1, 0.15) is 15.9 Å². The fourth-order valence-electron chi connectivity index (χ4n) is 3.81. The van der Waals surface area contributed by atoms with Gasteiger partial charge in [0.15, 0.2) is 5.78 Å². The van der Waals surface area contributed by atoms with Crippen LogP contribution in [0.15, 0.2) is 84.9 Å². The van der Waals surface area contributed by atoms with Crippen LogP contribution in [-0.4, -0.2) is 56.1 Å². The molecule has 1 fully saturated rings. The van der Waals surface area contributed by atoms with Gasteiger partial charge in [-0.3, -0.25) is 9.69 Å². The first-order valence-electron chi connectivity index (χ1n) is 10.4. The summed E-state index contributed by atoms with van der Waals surface area (Å²) in [5.41, 5.74) is 3.65. The van der Waals surface area contributed by atoms with Gasteiger partial charge in [-0.2, -0.15) is 4.31 Å². The van der Waals surface area contributed by atoms with Gasteiger partial charge in [-0.05, 0) is 16.7 Å². The molecule has 0 radical (unpaired) electrons. The number of piperazine rings is 1. The third kappa shape index (κ3) is 5.47. The zero-order chi connectivity index (χ0) is 21.7. The maximum absolute atomic E-state index is 12.9. The average Bonchev–Trinajstić information content (AvgIpc) is 2.81. The first-order chi connectivity index (χ1) is 15.0. The fraction of sp³-hybridized carbons (Fsp3) is 0.240. The molecule has 1 heterocycles. The van der Waals surface area contributed by atoms with E-state index in [-0.39, 0.29) is 11.5 Å². The van der Waals surface area contributed by atoms with Crippen LogP contribution in [-0.2, 0) is 15.8 Å². The van der Waals surface area contributed by atoms with Crippen molar-refractivity contribution in [3.63, 3.8) is 0 Å². The summed E-state index contributed by atoms with van der Waals surface area (Å²) in [5.74, 6) is 0.0563. The summed E-state index contributed by atoms with van der Waals surface area (Å²) in [6.45, 7) is 2.26. The average molecular weight is 435 g/mol. The van der Waals surface area contributed by atoms with Crippen molar-refractivity contribution in [3.05, 3.63) is 96.1 Å². The molecule has 3 aromatic rings. The zero-order valence-corrected chi connectivity index (χ0v) is 18.2. The molecule has 0 spiro atoms. The first-order valence-corrected chi connectivity index (χ1v) is 12.0. The second-order valence-electron chi connectivity index (χ2n) is 7.78. The first kappa shape index (κ1) is 21.4. The third-order valence-electron chi connectivity index (χ3n) is 5.60. The number of benzene rings is 3. The number of carbonyl (C=O) groups excluding carboxylic acids is 1. The van der Waals surface area contributed by atoms with Crippen LogP contribution in [0.3, 0.4) is 0 Å². The molecule has 0 saturated carbocycles. The van der Waals surface area contributed by atoms with E-state index < -0.39 is 10.0 Å². The normalized spacial score (nSPS) is 15.6. The SMILES string of the molecule is O=C(CN1CCN(S(=O)(=O)Cc2ccc(-c3ccccc3)cc2)CC1)c1ccccc1. The molecule has 1 aliphatic heterocycles. The van der Waals surface area contributed by atoms with Crippen molar-refractivity contribution < 1.29 is 13.2 Å². The highest BCUT2D eigenvalue weighted by atomic mass is 32.2. The van der Waals surface area contributed by atoms with Gasteiger partial charge in [0.2, 0.25) is 10.0 Å². The van der Waals surface area contributed by atoms with Gasteiger partial charge in [0.05, 0.1) is 12.3 Å². The van der Waals surface area contributed by atoms with Crippen molar-refractivity contribution in [3.8, 4) is 11.1 Å². The minimum absolute atomic E-state index is 0.00891. The Balaban J connectivity index is 1.32. The molecule has 31 heavy (non-hydrogen) atoms. The molecule has 0 atom stereocenters. The molecule has 0 aliphatic carbocycles. The molecular weight excluding hydrogens is 408 g/mol. The van der Waals surface area contributed by atoms with Crippen LogP contribution >= 0.6 is 0 Å². The Hall–Kier alpha value is -2.80. The van der Waals surface area contributed by atoms with Gasteiger partial charge in [-0.25, -0.2) is 8.42 Å². The molecule has 5 nitrogen and oxygen atoms in total. The van der Waals surface area contributed by atoms with E-state index in [0.29, 0.717) is 38.3 Å². The highest BCUT2D eigenvalue weighted by Crippen LogP contribution is 2.21. The van der Waals surface area contributed by atoms with Crippen molar-refractivity contribution in [1.29, 1.82) is 0 Å². The molecule has 160 valence electrons. The lowest BCUT2D eigenvalue weighted by Gasteiger charge is -2.33.